The number of imide groups is 1. The lowest BCUT2D eigenvalue weighted by molar-refractivity contribution is -0.136. The summed E-state index contributed by atoms with van der Waals surface area (Å²) in [5.41, 5.74) is 4.73. The van der Waals surface area contributed by atoms with Crippen molar-refractivity contribution in [3.8, 4) is 17.1 Å². The van der Waals surface area contributed by atoms with Crippen LogP contribution in [0.1, 0.15) is 58.6 Å². The average molecular weight is 528 g/mol. The first-order valence-corrected chi connectivity index (χ1v) is 13.5. The maximum atomic E-state index is 13.2. The van der Waals surface area contributed by atoms with Crippen LogP contribution in [0.15, 0.2) is 40.9 Å². The number of carbonyl (C=O) groups excluding carboxylic acids is 3. The van der Waals surface area contributed by atoms with Crippen molar-refractivity contribution < 1.29 is 23.6 Å². The second kappa shape index (κ2) is 9.01. The summed E-state index contributed by atoms with van der Waals surface area (Å²) in [7, 11) is 0. The van der Waals surface area contributed by atoms with Gasteiger partial charge in [-0.05, 0) is 50.0 Å². The van der Waals surface area contributed by atoms with E-state index in [4.69, 9.17) is 9.26 Å². The van der Waals surface area contributed by atoms with E-state index in [9.17, 15) is 14.4 Å². The van der Waals surface area contributed by atoms with Crippen LogP contribution in [-0.4, -0.2) is 63.4 Å². The van der Waals surface area contributed by atoms with Gasteiger partial charge >= 0.3 is 0 Å². The fourth-order valence-electron chi connectivity index (χ4n) is 6.52. The van der Waals surface area contributed by atoms with Crippen LogP contribution in [0.2, 0.25) is 0 Å². The molecule has 39 heavy (non-hydrogen) atoms. The van der Waals surface area contributed by atoms with Crippen molar-refractivity contribution in [3.63, 3.8) is 0 Å². The molecule has 0 radical (unpaired) electrons. The first-order valence-electron chi connectivity index (χ1n) is 13.5. The van der Waals surface area contributed by atoms with E-state index in [1.165, 1.54) is 11.1 Å². The van der Waals surface area contributed by atoms with E-state index in [1.807, 2.05) is 18.2 Å². The third-order valence-corrected chi connectivity index (χ3v) is 8.66. The number of carbonyl (C=O) groups is 3. The molecule has 1 N–H and O–H groups in total. The number of hydrogen-bond acceptors (Lipinski definition) is 8. The predicted octanol–water partition coefficient (Wildman–Crippen LogP) is 2.73. The number of hydrogen-bond donors (Lipinski definition) is 1. The van der Waals surface area contributed by atoms with Crippen LogP contribution >= 0.6 is 0 Å². The van der Waals surface area contributed by atoms with E-state index in [2.05, 4.69) is 38.6 Å². The van der Waals surface area contributed by atoms with Crippen molar-refractivity contribution in [2.24, 2.45) is 0 Å². The van der Waals surface area contributed by atoms with Gasteiger partial charge < -0.3 is 14.2 Å². The number of amides is 3. The van der Waals surface area contributed by atoms with Crippen molar-refractivity contribution in [2.75, 3.05) is 19.7 Å². The molecule has 10 heteroatoms. The lowest BCUT2D eigenvalue weighted by Gasteiger charge is -2.38. The number of ether oxygens (including phenoxy) is 1. The normalized spacial score (nSPS) is 22.1. The molecule has 0 aliphatic carbocycles. The van der Waals surface area contributed by atoms with Gasteiger partial charge in [-0.15, -0.1) is 0 Å². The molecule has 5 heterocycles. The van der Waals surface area contributed by atoms with Gasteiger partial charge in [-0.3, -0.25) is 24.6 Å². The van der Waals surface area contributed by atoms with E-state index < -0.39 is 11.9 Å². The van der Waals surface area contributed by atoms with Crippen LogP contribution in [0.25, 0.3) is 11.4 Å². The van der Waals surface area contributed by atoms with E-state index in [1.54, 1.807) is 11.8 Å². The Balaban J connectivity index is 1.05. The zero-order valence-electron chi connectivity index (χ0n) is 21.7. The molecule has 4 aliphatic heterocycles. The van der Waals surface area contributed by atoms with Gasteiger partial charge in [0.05, 0.1) is 13.2 Å². The molecule has 4 aliphatic rings. The van der Waals surface area contributed by atoms with Crippen molar-refractivity contribution in [1.29, 1.82) is 0 Å². The number of aromatic nitrogens is 2. The molecule has 1 atom stereocenters. The van der Waals surface area contributed by atoms with Crippen LogP contribution in [0, 0.1) is 6.92 Å². The summed E-state index contributed by atoms with van der Waals surface area (Å²) >= 11 is 0. The summed E-state index contributed by atoms with van der Waals surface area (Å²) < 4.78 is 11.4. The van der Waals surface area contributed by atoms with E-state index in [0.29, 0.717) is 36.9 Å². The number of likely N-dealkylation sites (tertiary alicyclic amines) is 1. The highest BCUT2D eigenvalue weighted by atomic mass is 16.5. The Morgan fingerprint density at radius 3 is 2.74 bits per heavy atom. The Hall–Kier alpha value is -4.05. The van der Waals surface area contributed by atoms with E-state index in [0.717, 1.165) is 49.4 Å². The zero-order valence-corrected chi connectivity index (χ0v) is 21.7. The maximum Gasteiger partial charge on any atom is 0.255 e. The fraction of sp³-hybridized carbons (Fsp3) is 0.414. The Kier molecular flexibility index (Phi) is 5.55. The SMILES string of the molecule is Cc1nc(-c2cccc(CN3CCC4(CC3)COc3c4ccc4c3CN(C3CCC(=O)NC3=O)C4=O)c2)no1. The first kappa shape index (κ1) is 24.0. The fourth-order valence-corrected chi connectivity index (χ4v) is 6.52. The minimum absolute atomic E-state index is 0.0734. The predicted molar refractivity (Wildman–Crippen MR) is 139 cm³/mol. The first-order chi connectivity index (χ1) is 18.9. The quantitative estimate of drug-likeness (QED) is 0.515. The molecule has 1 aromatic heterocycles. The van der Waals surface area contributed by atoms with Gasteiger partial charge in [0.15, 0.2) is 0 Å². The lowest BCUT2D eigenvalue weighted by atomic mass is 9.74. The summed E-state index contributed by atoms with van der Waals surface area (Å²) in [6, 6.07) is 11.6. The molecular weight excluding hydrogens is 498 g/mol. The van der Waals surface area contributed by atoms with E-state index >= 15 is 0 Å². The molecule has 3 amide bonds. The smallest absolute Gasteiger partial charge is 0.255 e. The molecule has 1 spiro atoms. The standard InChI is InChI=1S/C29H29N5O5/c1-17-30-26(32-39-17)19-4-2-3-18(13-19)14-33-11-9-29(10-12-33)16-38-25-21-15-34(23-7-8-24(35)31-27(23)36)28(37)20(21)5-6-22(25)29/h2-6,13,23H,7-12,14-16H2,1H3,(H,31,35,36). The second-order valence-corrected chi connectivity index (χ2v) is 11.1. The molecule has 10 nitrogen and oxygen atoms in total. The molecule has 0 bridgehead atoms. The molecule has 7 rings (SSSR count). The Morgan fingerprint density at radius 2 is 1.97 bits per heavy atom. The number of piperidine rings is 2. The maximum absolute atomic E-state index is 13.2. The Bertz CT molecular complexity index is 1510. The molecule has 2 aromatic carbocycles. The molecule has 2 fully saturated rings. The average Bonchev–Trinajstić information content (AvgIpc) is 3.62. The highest BCUT2D eigenvalue weighted by Crippen LogP contribution is 2.49. The van der Waals surface area contributed by atoms with Crippen LogP contribution in [0.5, 0.6) is 5.75 Å². The van der Waals surface area contributed by atoms with Crippen molar-refractivity contribution in [3.05, 3.63) is 64.5 Å². The molecule has 1 unspecified atom stereocenters. The van der Waals surface area contributed by atoms with Crippen LogP contribution in [0.3, 0.4) is 0 Å². The van der Waals surface area contributed by atoms with Crippen LogP contribution in [-0.2, 0) is 28.1 Å². The highest BCUT2D eigenvalue weighted by molar-refractivity contribution is 6.05. The highest BCUT2D eigenvalue weighted by Gasteiger charge is 2.47. The summed E-state index contributed by atoms with van der Waals surface area (Å²) in [5, 5.41) is 6.41. The summed E-state index contributed by atoms with van der Waals surface area (Å²) in [5.74, 6) is 1.12. The molecule has 2 saturated heterocycles. The van der Waals surface area contributed by atoms with Gasteiger partial charge in [-0.25, -0.2) is 0 Å². The Morgan fingerprint density at radius 1 is 1.13 bits per heavy atom. The number of nitrogens with one attached hydrogen (secondary N) is 1. The van der Waals surface area contributed by atoms with Gasteiger partial charge in [-0.2, -0.15) is 4.98 Å². The molecule has 200 valence electrons. The molecule has 0 saturated carbocycles. The summed E-state index contributed by atoms with van der Waals surface area (Å²) in [4.78, 5) is 45.6. The molecule has 3 aromatic rings. The van der Waals surface area contributed by atoms with Gasteiger partial charge in [0.25, 0.3) is 5.91 Å². The topological polar surface area (TPSA) is 118 Å². The lowest BCUT2D eigenvalue weighted by Crippen LogP contribution is -2.52. The minimum Gasteiger partial charge on any atom is -0.492 e. The van der Waals surface area contributed by atoms with Crippen LogP contribution < -0.4 is 10.1 Å². The third kappa shape index (κ3) is 4.01. The Labute approximate surface area is 225 Å². The van der Waals surface area contributed by atoms with E-state index in [-0.39, 0.29) is 23.7 Å². The monoisotopic (exact) mass is 527 g/mol. The number of fused-ring (bicyclic) bond motifs is 4. The number of nitrogens with zero attached hydrogens (tertiary/aromatic N) is 4. The molecular formula is C29H29N5O5. The van der Waals surface area contributed by atoms with Gasteiger partial charge in [0.1, 0.15) is 11.8 Å². The van der Waals surface area contributed by atoms with Crippen molar-refractivity contribution >= 4 is 17.7 Å². The van der Waals surface area contributed by atoms with Crippen molar-refractivity contribution in [2.45, 2.75) is 57.2 Å². The van der Waals surface area contributed by atoms with Gasteiger partial charge in [0.2, 0.25) is 23.5 Å². The third-order valence-electron chi connectivity index (χ3n) is 8.66. The number of rotatable bonds is 4. The summed E-state index contributed by atoms with van der Waals surface area (Å²) in [6.45, 7) is 5.44. The van der Waals surface area contributed by atoms with Crippen LogP contribution in [0.4, 0.5) is 0 Å². The number of aryl methyl sites for hydroxylation is 1. The second-order valence-electron chi connectivity index (χ2n) is 11.1. The minimum atomic E-state index is -0.626. The zero-order chi connectivity index (χ0) is 26.7. The summed E-state index contributed by atoms with van der Waals surface area (Å²) in [6.07, 6.45) is 2.53. The number of benzene rings is 2. The van der Waals surface area contributed by atoms with Crippen molar-refractivity contribution in [1.82, 2.24) is 25.3 Å². The van der Waals surface area contributed by atoms with Gasteiger partial charge in [-0.1, -0.05) is 29.4 Å². The van der Waals surface area contributed by atoms with Gasteiger partial charge in [0, 0.05) is 47.6 Å². The largest absolute Gasteiger partial charge is 0.492 e.